The standard InChI is InChI=1S/C20H31N3O2/c24-18-15-16-9-3-4-10-17(16)19(18)22-20(25)21-11-5-1-6-12-23-13-7-2-8-14-23/h3-4,9-10,18-19,24H,1-2,5-8,11-15H2,(H2,21,22,25)/t18-,19+/m0/s1. The lowest BCUT2D eigenvalue weighted by Gasteiger charge is -2.26. The average Bonchev–Trinajstić information content (AvgIpc) is 2.94. The number of carbonyl (C=O) groups is 1. The van der Waals surface area contributed by atoms with Gasteiger partial charge in [-0.3, -0.25) is 0 Å². The fraction of sp³-hybridized carbons (Fsp3) is 0.650. The molecule has 25 heavy (non-hydrogen) atoms. The number of hydrogen-bond acceptors (Lipinski definition) is 3. The average molecular weight is 345 g/mol. The molecule has 0 bridgehead atoms. The lowest BCUT2D eigenvalue weighted by Crippen LogP contribution is -2.41. The maximum Gasteiger partial charge on any atom is 0.315 e. The third kappa shape index (κ3) is 5.19. The number of likely N-dealkylation sites (tertiary alicyclic amines) is 1. The van der Waals surface area contributed by atoms with E-state index in [2.05, 4.69) is 15.5 Å². The number of carbonyl (C=O) groups excluding carboxylic acids is 1. The number of hydrogen-bond donors (Lipinski definition) is 3. The van der Waals surface area contributed by atoms with E-state index in [1.54, 1.807) is 0 Å². The summed E-state index contributed by atoms with van der Waals surface area (Å²) in [6.07, 6.45) is 7.50. The monoisotopic (exact) mass is 345 g/mol. The van der Waals surface area contributed by atoms with E-state index in [1.807, 2.05) is 24.3 Å². The van der Waals surface area contributed by atoms with E-state index in [0.717, 1.165) is 24.0 Å². The first-order valence-electron chi connectivity index (χ1n) is 9.76. The minimum Gasteiger partial charge on any atom is -0.390 e. The van der Waals surface area contributed by atoms with Crippen molar-refractivity contribution in [2.75, 3.05) is 26.2 Å². The van der Waals surface area contributed by atoms with Crippen LogP contribution < -0.4 is 10.6 Å². The summed E-state index contributed by atoms with van der Waals surface area (Å²) in [5, 5.41) is 16.0. The van der Waals surface area contributed by atoms with Gasteiger partial charge in [-0.2, -0.15) is 0 Å². The number of aliphatic hydroxyl groups excluding tert-OH is 1. The van der Waals surface area contributed by atoms with E-state index in [0.29, 0.717) is 13.0 Å². The maximum atomic E-state index is 12.1. The molecule has 1 aliphatic carbocycles. The first-order valence-corrected chi connectivity index (χ1v) is 9.76. The van der Waals surface area contributed by atoms with E-state index in [-0.39, 0.29) is 12.1 Å². The molecular weight excluding hydrogens is 314 g/mol. The predicted octanol–water partition coefficient (Wildman–Crippen LogP) is 2.60. The van der Waals surface area contributed by atoms with Gasteiger partial charge in [-0.1, -0.05) is 37.1 Å². The molecule has 0 aromatic heterocycles. The van der Waals surface area contributed by atoms with Crippen molar-refractivity contribution in [3.63, 3.8) is 0 Å². The van der Waals surface area contributed by atoms with Crippen LogP contribution in [0.4, 0.5) is 4.79 Å². The van der Waals surface area contributed by atoms with E-state index < -0.39 is 6.10 Å². The summed E-state index contributed by atoms with van der Waals surface area (Å²) in [5.74, 6) is 0. The molecule has 2 amide bonds. The highest BCUT2D eigenvalue weighted by atomic mass is 16.3. The highest BCUT2D eigenvalue weighted by Crippen LogP contribution is 2.30. The molecule has 1 fully saturated rings. The number of unbranched alkanes of at least 4 members (excludes halogenated alkanes) is 2. The number of amides is 2. The van der Waals surface area contributed by atoms with Crippen LogP contribution in [0, 0.1) is 0 Å². The Morgan fingerprint density at radius 3 is 2.76 bits per heavy atom. The second kappa shape index (κ2) is 9.20. The molecular formula is C20H31N3O2. The molecule has 1 saturated heterocycles. The Bertz CT molecular complexity index is 558. The summed E-state index contributed by atoms with van der Waals surface area (Å²) in [5.41, 5.74) is 2.16. The normalized spacial score (nSPS) is 23.2. The Balaban J connectivity index is 1.29. The number of nitrogens with one attached hydrogen (secondary N) is 2. The zero-order valence-corrected chi connectivity index (χ0v) is 15.0. The maximum absolute atomic E-state index is 12.1. The molecule has 3 rings (SSSR count). The summed E-state index contributed by atoms with van der Waals surface area (Å²) < 4.78 is 0. The van der Waals surface area contributed by atoms with E-state index in [4.69, 9.17) is 0 Å². The van der Waals surface area contributed by atoms with Crippen LogP contribution in [-0.2, 0) is 6.42 Å². The number of aliphatic hydroxyl groups is 1. The van der Waals surface area contributed by atoms with Gasteiger partial charge in [0.1, 0.15) is 0 Å². The molecule has 0 saturated carbocycles. The third-order valence-electron chi connectivity index (χ3n) is 5.38. The van der Waals surface area contributed by atoms with E-state index >= 15 is 0 Å². The van der Waals surface area contributed by atoms with Crippen molar-refractivity contribution in [3.05, 3.63) is 35.4 Å². The molecule has 0 unspecified atom stereocenters. The molecule has 138 valence electrons. The van der Waals surface area contributed by atoms with Gasteiger partial charge in [0.05, 0.1) is 12.1 Å². The zero-order chi connectivity index (χ0) is 17.5. The summed E-state index contributed by atoms with van der Waals surface area (Å²) in [6, 6.07) is 7.44. The molecule has 5 nitrogen and oxygen atoms in total. The largest absolute Gasteiger partial charge is 0.390 e. The van der Waals surface area contributed by atoms with Crippen molar-refractivity contribution < 1.29 is 9.90 Å². The highest BCUT2D eigenvalue weighted by molar-refractivity contribution is 5.74. The molecule has 3 N–H and O–H groups in total. The number of rotatable bonds is 7. The quantitative estimate of drug-likeness (QED) is 0.666. The van der Waals surface area contributed by atoms with E-state index in [9.17, 15) is 9.90 Å². The first kappa shape index (κ1) is 18.2. The van der Waals surface area contributed by atoms with Gasteiger partial charge in [0.25, 0.3) is 0 Å². The molecule has 1 aliphatic heterocycles. The molecule has 0 radical (unpaired) electrons. The molecule has 5 heteroatoms. The van der Waals surface area contributed by atoms with Crippen LogP contribution in [0.25, 0.3) is 0 Å². The predicted molar refractivity (Wildman–Crippen MR) is 99.6 cm³/mol. The molecule has 2 aliphatic rings. The Labute approximate surface area is 150 Å². The van der Waals surface area contributed by atoms with Crippen LogP contribution >= 0.6 is 0 Å². The van der Waals surface area contributed by atoms with Crippen molar-refractivity contribution >= 4 is 6.03 Å². The number of urea groups is 1. The molecule has 1 heterocycles. The van der Waals surface area contributed by atoms with Gasteiger partial charge in [0.2, 0.25) is 0 Å². The van der Waals surface area contributed by atoms with Crippen LogP contribution in [0.2, 0.25) is 0 Å². The number of fused-ring (bicyclic) bond motifs is 1. The smallest absolute Gasteiger partial charge is 0.315 e. The van der Waals surface area contributed by atoms with Crippen molar-refractivity contribution in [2.24, 2.45) is 0 Å². The van der Waals surface area contributed by atoms with Crippen LogP contribution in [0.1, 0.15) is 55.7 Å². The van der Waals surface area contributed by atoms with E-state index in [1.165, 1.54) is 45.3 Å². The first-order chi connectivity index (χ1) is 12.2. The van der Waals surface area contributed by atoms with Crippen LogP contribution in [0.3, 0.4) is 0 Å². The number of piperidine rings is 1. The Morgan fingerprint density at radius 2 is 1.92 bits per heavy atom. The summed E-state index contributed by atoms with van der Waals surface area (Å²) in [4.78, 5) is 14.7. The van der Waals surface area contributed by atoms with Gasteiger partial charge < -0.3 is 20.6 Å². The van der Waals surface area contributed by atoms with Gasteiger partial charge in [0.15, 0.2) is 0 Å². The van der Waals surface area contributed by atoms with Gasteiger partial charge in [0, 0.05) is 13.0 Å². The van der Waals surface area contributed by atoms with Crippen molar-refractivity contribution in [2.45, 2.75) is 57.1 Å². The van der Waals surface area contributed by atoms with Crippen molar-refractivity contribution in [1.29, 1.82) is 0 Å². The fourth-order valence-electron chi connectivity index (χ4n) is 3.96. The Kier molecular flexibility index (Phi) is 6.70. The van der Waals surface area contributed by atoms with Crippen molar-refractivity contribution in [1.82, 2.24) is 15.5 Å². The molecule has 1 aromatic carbocycles. The summed E-state index contributed by atoms with van der Waals surface area (Å²) in [7, 11) is 0. The second-order valence-electron chi connectivity index (χ2n) is 7.31. The van der Waals surface area contributed by atoms with Gasteiger partial charge in [-0.05, 0) is 56.4 Å². The van der Waals surface area contributed by atoms with Crippen LogP contribution in [-0.4, -0.2) is 48.3 Å². The van der Waals surface area contributed by atoms with Gasteiger partial charge in [-0.15, -0.1) is 0 Å². The minimum absolute atomic E-state index is 0.184. The Morgan fingerprint density at radius 1 is 1.12 bits per heavy atom. The summed E-state index contributed by atoms with van der Waals surface area (Å²) in [6.45, 7) is 4.39. The summed E-state index contributed by atoms with van der Waals surface area (Å²) >= 11 is 0. The zero-order valence-electron chi connectivity index (χ0n) is 15.0. The number of nitrogens with zero attached hydrogens (tertiary/aromatic N) is 1. The van der Waals surface area contributed by atoms with Crippen LogP contribution in [0.15, 0.2) is 24.3 Å². The molecule has 1 aromatic rings. The Hall–Kier alpha value is -1.59. The van der Waals surface area contributed by atoms with Gasteiger partial charge >= 0.3 is 6.03 Å². The second-order valence-corrected chi connectivity index (χ2v) is 7.31. The third-order valence-corrected chi connectivity index (χ3v) is 5.38. The van der Waals surface area contributed by atoms with Gasteiger partial charge in [-0.25, -0.2) is 4.79 Å². The number of benzene rings is 1. The molecule has 2 atom stereocenters. The topological polar surface area (TPSA) is 64.6 Å². The fourth-order valence-corrected chi connectivity index (χ4v) is 3.96. The minimum atomic E-state index is -0.535. The lowest BCUT2D eigenvalue weighted by atomic mass is 10.1. The highest BCUT2D eigenvalue weighted by Gasteiger charge is 2.31. The lowest BCUT2D eigenvalue weighted by molar-refractivity contribution is 0.142. The van der Waals surface area contributed by atoms with Crippen molar-refractivity contribution in [3.8, 4) is 0 Å². The molecule has 0 spiro atoms. The SMILES string of the molecule is O=C(NCCCCCN1CCCCC1)N[C@@H]1c2ccccc2C[C@@H]1O. The van der Waals surface area contributed by atoms with Crippen LogP contribution in [0.5, 0.6) is 0 Å².